The first-order chi connectivity index (χ1) is 18.1. The Morgan fingerprint density at radius 3 is 2.26 bits per heavy atom. The molecule has 0 aromatic rings. The SMILES string of the molecule is CC(=O)O[C@H]1[C@@H](OC(C)=O)[C@@]2(C)C3=CC(=O)[C@@H]([C@@H]4COC(=O)C4)[C@]3(C)CC[C@@H]2[C@@]2(C)C=CC(=O)OC(C)(C)[C@H]12. The molecule has 0 N–H and O–H groups in total. The molecule has 39 heavy (non-hydrogen) atoms. The molecule has 0 aromatic heterocycles. The lowest BCUT2D eigenvalue weighted by atomic mass is 9.39. The summed E-state index contributed by atoms with van der Waals surface area (Å²) in [4.78, 5) is 63.6. The largest absolute Gasteiger partial charge is 0.465 e. The minimum absolute atomic E-state index is 0.0641. The normalized spacial score (nSPS) is 44.2. The van der Waals surface area contributed by atoms with E-state index in [9.17, 15) is 24.0 Å². The van der Waals surface area contributed by atoms with Gasteiger partial charge >= 0.3 is 23.9 Å². The van der Waals surface area contributed by atoms with Gasteiger partial charge < -0.3 is 18.9 Å². The zero-order valence-corrected chi connectivity index (χ0v) is 23.7. The van der Waals surface area contributed by atoms with E-state index in [2.05, 4.69) is 6.92 Å². The van der Waals surface area contributed by atoms with Crippen molar-refractivity contribution in [1.82, 2.24) is 0 Å². The van der Waals surface area contributed by atoms with Gasteiger partial charge in [0.05, 0.1) is 13.0 Å². The molecule has 0 bridgehead atoms. The summed E-state index contributed by atoms with van der Waals surface area (Å²) >= 11 is 0. The van der Waals surface area contributed by atoms with Crippen molar-refractivity contribution in [2.75, 3.05) is 6.61 Å². The van der Waals surface area contributed by atoms with E-state index in [1.165, 1.54) is 19.9 Å². The van der Waals surface area contributed by atoms with Crippen LogP contribution >= 0.6 is 0 Å². The lowest BCUT2D eigenvalue weighted by Gasteiger charge is -2.66. The summed E-state index contributed by atoms with van der Waals surface area (Å²) in [5.41, 5.74) is -2.49. The van der Waals surface area contributed by atoms with Crippen molar-refractivity contribution in [2.24, 2.45) is 39.9 Å². The van der Waals surface area contributed by atoms with Gasteiger partial charge in [-0.05, 0) is 49.7 Å². The minimum atomic E-state index is -1.07. The average Bonchev–Trinajstić information content (AvgIpc) is 3.31. The number of carbonyl (C=O) groups is 5. The van der Waals surface area contributed by atoms with E-state index in [0.717, 1.165) is 5.57 Å². The van der Waals surface area contributed by atoms with Gasteiger partial charge in [0.2, 0.25) is 0 Å². The van der Waals surface area contributed by atoms with E-state index in [1.54, 1.807) is 19.9 Å². The summed E-state index contributed by atoms with van der Waals surface area (Å²) in [5.74, 6) is -3.37. The number of fused-ring (bicyclic) bond motifs is 5. The number of cyclic esters (lactones) is 2. The Bertz CT molecular complexity index is 1210. The van der Waals surface area contributed by atoms with E-state index < -0.39 is 63.8 Å². The van der Waals surface area contributed by atoms with Crippen LogP contribution in [0.1, 0.15) is 67.7 Å². The molecule has 0 radical (unpaired) electrons. The molecule has 9 nitrogen and oxygen atoms in total. The molecular formula is C30H38O9. The summed E-state index contributed by atoms with van der Waals surface area (Å²) in [5, 5.41) is 0. The maximum absolute atomic E-state index is 13.7. The van der Waals surface area contributed by atoms with E-state index in [0.29, 0.717) is 12.8 Å². The summed E-state index contributed by atoms with van der Waals surface area (Å²) < 4.78 is 23.2. The summed E-state index contributed by atoms with van der Waals surface area (Å²) in [7, 11) is 0. The zero-order chi connectivity index (χ0) is 28.7. The van der Waals surface area contributed by atoms with Gasteiger partial charge in [-0.25, -0.2) is 4.79 Å². The van der Waals surface area contributed by atoms with Crippen LogP contribution in [0.15, 0.2) is 23.8 Å². The fraction of sp³-hybridized carbons (Fsp3) is 0.700. The van der Waals surface area contributed by atoms with Gasteiger partial charge in [0, 0.05) is 48.5 Å². The lowest BCUT2D eigenvalue weighted by Crippen LogP contribution is -2.70. The van der Waals surface area contributed by atoms with Crippen molar-refractivity contribution >= 4 is 29.7 Å². The van der Waals surface area contributed by atoms with Crippen molar-refractivity contribution in [3.63, 3.8) is 0 Å². The van der Waals surface area contributed by atoms with Crippen LogP contribution in [0.5, 0.6) is 0 Å². The van der Waals surface area contributed by atoms with Crippen LogP contribution in [-0.4, -0.2) is 54.1 Å². The number of allylic oxidation sites excluding steroid dienone is 2. The Kier molecular flexibility index (Phi) is 6.20. The van der Waals surface area contributed by atoms with Gasteiger partial charge in [-0.2, -0.15) is 0 Å². The number of hydrogen-bond donors (Lipinski definition) is 0. The van der Waals surface area contributed by atoms with E-state index in [4.69, 9.17) is 18.9 Å². The smallest absolute Gasteiger partial charge is 0.330 e. The highest BCUT2D eigenvalue weighted by atomic mass is 16.6. The first-order valence-electron chi connectivity index (χ1n) is 13.7. The van der Waals surface area contributed by atoms with Crippen LogP contribution in [0, 0.1) is 39.9 Å². The molecule has 5 aliphatic rings. The van der Waals surface area contributed by atoms with E-state index >= 15 is 0 Å². The first-order valence-corrected chi connectivity index (χ1v) is 13.7. The Hall–Kier alpha value is -2.97. The second kappa shape index (κ2) is 8.77. The fourth-order valence-electron chi connectivity index (χ4n) is 9.42. The highest BCUT2D eigenvalue weighted by Crippen LogP contribution is 2.71. The molecule has 5 rings (SSSR count). The molecule has 1 saturated heterocycles. The van der Waals surface area contributed by atoms with E-state index in [-0.39, 0.29) is 36.6 Å². The van der Waals surface area contributed by atoms with Gasteiger partial charge in [0.1, 0.15) is 17.8 Å². The zero-order valence-electron chi connectivity index (χ0n) is 23.7. The van der Waals surface area contributed by atoms with Gasteiger partial charge in [-0.1, -0.05) is 26.8 Å². The molecule has 0 unspecified atom stereocenters. The van der Waals surface area contributed by atoms with Crippen LogP contribution in [0.25, 0.3) is 0 Å². The third-order valence-electron chi connectivity index (χ3n) is 10.4. The van der Waals surface area contributed by atoms with Gasteiger partial charge in [0.25, 0.3) is 0 Å². The topological polar surface area (TPSA) is 122 Å². The maximum atomic E-state index is 13.7. The quantitative estimate of drug-likeness (QED) is 0.390. The first kappa shape index (κ1) is 27.6. The number of esters is 4. The number of rotatable bonds is 3. The molecule has 3 aliphatic carbocycles. The Morgan fingerprint density at radius 1 is 1.00 bits per heavy atom. The molecule has 2 heterocycles. The molecule has 3 fully saturated rings. The molecule has 9 heteroatoms. The van der Waals surface area contributed by atoms with Crippen molar-refractivity contribution in [3.8, 4) is 0 Å². The number of carbonyl (C=O) groups excluding carboxylic acids is 5. The molecule has 2 saturated carbocycles. The summed E-state index contributed by atoms with van der Waals surface area (Å²) in [6, 6.07) is 0. The van der Waals surface area contributed by atoms with Crippen LogP contribution in [0.2, 0.25) is 0 Å². The third kappa shape index (κ3) is 3.90. The molecular weight excluding hydrogens is 504 g/mol. The minimum Gasteiger partial charge on any atom is -0.465 e. The molecule has 0 amide bonds. The van der Waals surface area contributed by atoms with Crippen LogP contribution in [0.4, 0.5) is 0 Å². The van der Waals surface area contributed by atoms with Crippen molar-refractivity contribution < 1.29 is 42.9 Å². The van der Waals surface area contributed by atoms with Crippen molar-refractivity contribution in [2.45, 2.75) is 85.5 Å². The molecule has 212 valence electrons. The standard InChI is InChI=1S/C30H38O9/c1-15(31)37-24-25-27(3,4)39-21(34)9-11-29(25,6)19-8-10-28(5)20(30(19,7)26(24)38-16(2)32)13-18(33)23(28)17-12-22(35)36-14-17/h9,11,13,17,19,23-26H,8,10,12,14H2,1-7H3/t17-,19+,23+,24+,25-,26+,28+,29+,30+/m0/s1. The molecule has 0 spiro atoms. The number of hydrogen-bond acceptors (Lipinski definition) is 9. The third-order valence-corrected chi connectivity index (χ3v) is 10.4. The Labute approximate surface area is 228 Å². The highest BCUT2D eigenvalue weighted by molar-refractivity contribution is 5.98. The molecule has 2 aliphatic heterocycles. The van der Waals surface area contributed by atoms with Crippen LogP contribution in [-0.2, 0) is 42.9 Å². The number of ketones is 1. The van der Waals surface area contributed by atoms with Crippen LogP contribution in [0.3, 0.4) is 0 Å². The van der Waals surface area contributed by atoms with Crippen LogP contribution < -0.4 is 0 Å². The number of ether oxygens (including phenoxy) is 4. The second-order valence-corrected chi connectivity index (χ2v) is 13.2. The summed E-state index contributed by atoms with van der Waals surface area (Å²) in [6.07, 6.45) is 4.58. The Balaban J connectivity index is 1.73. The molecule has 0 aromatic carbocycles. The average molecular weight is 543 g/mol. The lowest BCUT2D eigenvalue weighted by molar-refractivity contribution is -0.248. The predicted molar refractivity (Wildman–Crippen MR) is 137 cm³/mol. The van der Waals surface area contributed by atoms with Gasteiger partial charge in [-0.15, -0.1) is 0 Å². The van der Waals surface area contributed by atoms with Gasteiger partial charge in [-0.3, -0.25) is 19.2 Å². The molecule has 9 atom stereocenters. The summed E-state index contributed by atoms with van der Waals surface area (Å²) in [6.45, 7) is 12.5. The van der Waals surface area contributed by atoms with Crippen molar-refractivity contribution in [1.29, 1.82) is 0 Å². The maximum Gasteiger partial charge on any atom is 0.330 e. The van der Waals surface area contributed by atoms with E-state index in [1.807, 2.05) is 19.9 Å². The highest BCUT2D eigenvalue weighted by Gasteiger charge is 2.73. The second-order valence-electron chi connectivity index (χ2n) is 13.2. The fourth-order valence-corrected chi connectivity index (χ4v) is 9.42. The van der Waals surface area contributed by atoms with Gasteiger partial charge in [0.15, 0.2) is 5.78 Å². The monoisotopic (exact) mass is 542 g/mol. The van der Waals surface area contributed by atoms with Crippen molar-refractivity contribution in [3.05, 3.63) is 23.8 Å². The predicted octanol–water partition coefficient (Wildman–Crippen LogP) is 3.49. The Morgan fingerprint density at radius 2 is 1.67 bits per heavy atom.